The molecular formula is C15H15FN2O2. The summed E-state index contributed by atoms with van der Waals surface area (Å²) in [5.74, 6) is -1.24. The van der Waals surface area contributed by atoms with Gasteiger partial charge < -0.3 is 10.4 Å². The van der Waals surface area contributed by atoms with Gasteiger partial charge in [0, 0.05) is 25.0 Å². The van der Waals surface area contributed by atoms with Crippen LogP contribution in [-0.4, -0.2) is 16.1 Å². The molecule has 1 aromatic carbocycles. The fourth-order valence-corrected chi connectivity index (χ4v) is 1.92. The van der Waals surface area contributed by atoms with Crippen molar-refractivity contribution in [2.24, 2.45) is 0 Å². The Bertz CT molecular complexity index is 558. The predicted molar refractivity (Wildman–Crippen MR) is 72.5 cm³/mol. The Balaban J connectivity index is 2.07. The zero-order valence-corrected chi connectivity index (χ0v) is 10.8. The number of hydrogen-bond acceptors (Lipinski definition) is 3. The molecule has 0 amide bonds. The molecule has 0 radical (unpaired) electrons. The van der Waals surface area contributed by atoms with Gasteiger partial charge >= 0.3 is 5.97 Å². The first kappa shape index (κ1) is 14.1. The zero-order valence-electron chi connectivity index (χ0n) is 10.8. The SMILES string of the molecule is O=C(O)CC(NCc1ccncc1)c1ccc(F)cc1. The molecule has 1 atom stereocenters. The molecule has 0 aliphatic rings. The van der Waals surface area contributed by atoms with Crippen LogP contribution in [0.15, 0.2) is 48.8 Å². The van der Waals surface area contributed by atoms with E-state index in [1.807, 2.05) is 12.1 Å². The number of aliphatic carboxylic acids is 1. The zero-order chi connectivity index (χ0) is 14.4. The normalized spacial score (nSPS) is 12.1. The topological polar surface area (TPSA) is 62.2 Å². The molecule has 1 aromatic heterocycles. The number of carbonyl (C=O) groups is 1. The van der Waals surface area contributed by atoms with Crippen LogP contribution in [-0.2, 0) is 11.3 Å². The van der Waals surface area contributed by atoms with Crippen molar-refractivity contribution in [2.75, 3.05) is 0 Å². The molecule has 2 aromatic rings. The van der Waals surface area contributed by atoms with Crippen molar-refractivity contribution >= 4 is 5.97 Å². The van der Waals surface area contributed by atoms with Crippen LogP contribution >= 0.6 is 0 Å². The first-order chi connectivity index (χ1) is 9.65. The fraction of sp³-hybridized carbons (Fsp3) is 0.200. The third-order valence-electron chi connectivity index (χ3n) is 2.95. The number of carboxylic acids is 1. The Morgan fingerprint density at radius 3 is 2.45 bits per heavy atom. The van der Waals surface area contributed by atoms with E-state index in [1.54, 1.807) is 24.5 Å². The van der Waals surface area contributed by atoms with Crippen LogP contribution in [0.1, 0.15) is 23.6 Å². The minimum Gasteiger partial charge on any atom is -0.481 e. The molecule has 0 fully saturated rings. The number of nitrogens with one attached hydrogen (secondary N) is 1. The number of carboxylic acid groups (broad SMARTS) is 1. The van der Waals surface area contributed by atoms with E-state index in [9.17, 15) is 9.18 Å². The van der Waals surface area contributed by atoms with Crippen molar-refractivity contribution in [1.82, 2.24) is 10.3 Å². The fourth-order valence-electron chi connectivity index (χ4n) is 1.92. The maximum atomic E-state index is 12.9. The minimum atomic E-state index is -0.901. The Hall–Kier alpha value is -2.27. The molecule has 1 heterocycles. The average molecular weight is 274 g/mol. The van der Waals surface area contributed by atoms with E-state index in [2.05, 4.69) is 10.3 Å². The van der Waals surface area contributed by atoms with Gasteiger partial charge in [0.05, 0.1) is 6.42 Å². The van der Waals surface area contributed by atoms with Crippen LogP contribution in [0, 0.1) is 5.82 Å². The number of benzene rings is 1. The molecule has 0 spiro atoms. The van der Waals surface area contributed by atoms with Gasteiger partial charge in [0.2, 0.25) is 0 Å². The van der Waals surface area contributed by atoms with Crippen LogP contribution in [0.2, 0.25) is 0 Å². The molecule has 1 unspecified atom stereocenters. The summed E-state index contributed by atoms with van der Waals surface area (Å²) in [6.45, 7) is 0.526. The molecule has 0 aliphatic carbocycles. The van der Waals surface area contributed by atoms with E-state index in [1.165, 1.54) is 12.1 Å². The first-order valence-corrected chi connectivity index (χ1v) is 6.24. The maximum Gasteiger partial charge on any atom is 0.305 e. The van der Waals surface area contributed by atoms with Crippen LogP contribution in [0.4, 0.5) is 4.39 Å². The highest BCUT2D eigenvalue weighted by Gasteiger charge is 2.15. The van der Waals surface area contributed by atoms with Crippen molar-refractivity contribution in [3.05, 3.63) is 65.7 Å². The number of nitrogens with zero attached hydrogens (tertiary/aromatic N) is 1. The van der Waals surface area contributed by atoms with Gasteiger partial charge in [0.1, 0.15) is 5.82 Å². The van der Waals surface area contributed by atoms with E-state index in [0.717, 1.165) is 11.1 Å². The van der Waals surface area contributed by atoms with Crippen molar-refractivity contribution in [1.29, 1.82) is 0 Å². The summed E-state index contributed by atoms with van der Waals surface area (Å²) in [4.78, 5) is 14.9. The second-order valence-corrected chi connectivity index (χ2v) is 4.44. The first-order valence-electron chi connectivity index (χ1n) is 6.24. The molecule has 2 N–H and O–H groups in total. The van der Waals surface area contributed by atoms with Crippen molar-refractivity contribution in [2.45, 2.75) is 19.0 Å². The molecule has 104 valence electrons. The van der Waals surface area contributed by atoms with Crippen LogP contribution < -0.4 is 5.32 Å². The monoisotopic (exact) mass is 274 g/mol. The molecule has 0 aliphatic heterocycles. The van der Waals surface area contributed by atoms with Gasteiger partial charge in [-0.1, -0.05) is 12.1 Å². The summed E-state index contributed by atoms with van der Waals surface area (Å²) in [5, 5.41) is 12.1. The maximum absolute atomic E-state index is 12.9. The molecule has 20 heavy (non-hydrogen) atoms. The smallest absolute Gasteiger partial charge is 0.305 e. The van der Waals surface area contributed by atoms with Gasteiger partial charge in [0.15, 0.2) is 0 Å². The highest BCUT2D eigenvalue weighted by molar-refractivity contribution is 5.67. The van der Waals surface area contributed by atoms with Gasteiger partial charge in [-0.3, -0.25) is 9.78 Å². The van der Waals surface area contributed by atoms with Gasteiger partial charge in [-0.05, 0) is 35.4 Å². The van der Waals surface area contributed by atoms with Gasteiger partial charge in [-0.25, -0.2) is 4.39 Å². The van der Waals surface area contributed by atoms with Crippen molar-refractivity contribution in [3.8, 4) is 0 Å². The number of halogens is 1. The molecule has 5 heteroatoms. The lowest BCUT2D eigenvalue weighted by molar-refractivity contribution is -0.137. The molecule has 0 bridgehead atoms. The quantitative estimate of drug-likeness (QED) is 0.849. The summed E-state index contributed by atoms with van der Waals surface area (Å²) in [7, 11) is 0. The van der Waals surface area contributed by atoms with Gasteiger partial charge in [0.25, 0.3) is 0 Å². The lowest BCUT2D eigenvalue weighted by Gasteiger charge is -2.17. The molecule has 0 saturated heterocycles. The summed E-state index contributed by atoms with van der Waals surface area (Å²) in [6, 6.07) is 9.22. The van der Waals surface area contributed by atoms with E-state index >= 15 is 0 Å². The van der Waals surface area contributed by atoms with E-state index in [4.69, 9.17) is 5.11 Å². The highest BCUT2D eigenvalue weighted by Crippen LogP contribution is 2.18. The third-order valence-corrected chi connectivity index (χ3v) is 2.95. The lowest BCUT2D eigenvalue weighted by atomic mass is 10.0. The summed E-state index contributed by atoms with van der Waals surface area (Å²) >= 11 is 0. The van der Waals surface area contributed by atoms with Gasteiger partial charge in [-0.2, -0.15) is 0 Å². The Labute approximate surface area is 116 Å². The van der Waals surface area contributed by atoms with Crippen molar-refractivity contribution < 1.29 is 14.3 Å². The molecule has 2 rings (SSSR count). The minimum absolute atomic E-state index is 0.0588. The summed E-state index contributed by atoms with van der Waals surface area (Å²) < 4.78 is 12.9. The van der Waals surface area contributed by atoms with Crippen molar-refractivity contribution in [3.63, 3.8) is 0 Å². The number of pyridine rings is 1. The Morgan fingerprint density at radius 2 is 1.85 bits per heavy atom. The number of hydrogen-bond donors (Lipinski definition) is 2. The Morgan fingerprint density at radius 1 is 1.20 bits per heavy atom. The van der Waals surface area contributed by atoms with Crippen LogP contribution in [0.25, 0.3) is 0 Å². The van der Waals surface area contributed by atoms with E-state index in [0.29, 0.717) is 6.54 Å². The Kier molecular flexibility index (Phi) is 4.79. The third kappa shape index (κ3) is 4.13. The lowest BCUT2D eigenvalue weighted by Crippen LogP contribution is -2.23. The predicted octanol–water partition coefficient (Wildman–Crippen LogP) is 2.53. The van der Waals surface area contributed by atoms with E-state index < -0.39 is 5.97 Å². The van der Waals surface area contributed by atoms with Crippen LogP contribution in [0.5, 0.6) is 0 Å². The molecular weight excluding hydrogens is 259 g/mol. The second kappa shape index (κ2) is 6.77. The highest BCUT2D eigenvalue weighted by atomic mass is 19.1. The average Bonchev–Trinajstić information content (AvgIpc) is 2.45. The molecule has 0 saturated carbocycles. The number of aromatic nitrogens is 1. The van der Waals surface area contributed by atoms with Gasteiger partial charge in [-0.15, -0.1) is 0 Å². The van der Waals surface area contributed by atoms with Crippen LogP contribution in [0.3, 0.4) is 0 Å². The summed E-state index contributed by atoms with van der Waals surface area (Å²) in [6.07, 6.45) is 3.30. The number of rotatable bonds is 6. The standard InChI is InChI=1S/C15H15FN2O2/c16-13-3-1-12(2-4-13)14(9-15(19)20)18-10-11-5-7-17-8-6-11/h1-8,14,18H,9-10H2,(H,19,20). The molecule has 4 nitrogen and oxygen atoms in total. The largest absolute Gasteiger partial charge is 0.481 e. The second-order valence-electron chi connectivity index (χ2n) is 4.44. The van der Waals surface area contributed by atoms with E-state index in [-0.39, 0.29) is 18.3 Å². The summed E-state index contributed by atoms with van der Waals surface area (Å²) in [5.41, 5.74) is 1.76.